The summed E-state index contributed by atoms with van der Waals surface area (Å²) in [6, 6.07) is 3.26. The molecule has 0 spiro atoms. The Morgan fingerprint density at radius 2 is 1.95 bits per heavy atom. The van der Waals surface area contributed by atoms with Crippen LogP contribution in [0, 0.1) is 5.92 Å². The van der Waals surface area contributed by atoms with E-state index in [1.807, 2.05) is 0 Å². The van der Waals surface area contributed by atoms with Gasteiger partial charge in [0.15, 0.2) is 0 Å². The fourth-order valence-electron chi connectivity index (χ4n) is 2.19. The molecule has 0 radical (unpaired) electrons. The highest BCUT2D eigenvalue weighted by Crippen LogP contribution is 2.42. The van der Waals surface area contributed by atoms with Gasteiger partial charge in [-0.1, -0.05) is 0 Å². The van der Waals surface area contributed by atoms with E-state index in [2.05, 4.69) is 0 Å². The molecule has 1 aliphatic carbocycles. The molecule has 1 aliphatic rings. The van der Waals surface area contributed by atoms with E-state index in [0.717, 1.165) is 24.2 Å². The molecule has 0 bridgehead atoms. The Hall–Kier alpha value is -2.28. The lowest BCUT2D eigenvalue weighted by Crippen LogP contribution is -2.11. The maximum atomic E-state index is 11.5. The van der Waals surface area contributed by atoms with Crippen LogP contribution in [0.5, 0.6) is 5.75 Å². The molecule has 21 heavy (non-hydrogen) atoms. The molecule has 0 saturated heterocycles. The van der Waals surface area contributed by atoms with Gasteiger partial charge in [0.2, 0.25) is 5.91 Å². The Bertz CT molecular complexity index is 749. The predicted molar refractivity (Wildman–Crippen MR) is 81.5 cm³/mol. The summed E-state index contributed by atoms with van der Waals surface area (Å²) in [5.74, 6) is -0.0715. The van der Waals surface area contributed by atoms with Gasteiger partial charge in [0.1, 0.15) is 10.6 Å². The number of hydrogen-bond donors (Lipinski definition) is 3. The molecule has 7 heteroatoms. The van der Waals surface area contributed by atoms with Gasteiger partial charge in [-0.3, -0.25) is 9.59 Å². The maximum absolute atomic E-state index is 11.5. The second-order valence-electron chi connectivity index (χ2n) is 5.14. The van der Waals surface area contributed by atoms with Crippen LogP contribution in [0.2, 0.25) is 0 Å². The number of benzene rings is 1. The number of nitrogen functional groups attached to an aromatic ring is 1. The minimum atomic E-state index is -0.628. The zero-order valence-corrected chi connectivity index (χ0v) is 12.0. The molecule has 1 fully saturated rings. The lowest BCUT2D eigenvalue weighted by atomic mass is 10.1. The number of carbonyl (C=O) groups excluding carboxylic acids is 2. The smallest absolute Gasteiger partial charge is 0.260 e. The Kier molecular flexibility index (Phi) is 3.21. The Labute approximate surface area is 124 Å². The first-order valence-electron chi connectivity index (χ1n) is 6.56. The van der Waals surface area contributed by atoms with Crippen molar-refractivity contribution in [3.63, 3.8) is 0 Å². The lowest BCUT2D eigenvalue weighted by Gasteiger charge is -2.09. The molecule has 0 aliphatic heterocycles. The molecule has 3 rings (SSSR count). The molecule has 6 nitrogen and oxygen atoms in total. The fourth-order valence-corrected chi connectivity index (χ4v) is 3.29. The molecule has 2 aromatic rings. The summed E-state index contributed by atoms with van der Waals surface area (Å²) >= 11 is 1.07. The average molecular weight is 305 g/mol. The topological polar surface area (TPSA) is 121 Å². The standard InChI is InChI=1S/C14H15N3O3S/c15-10-9-8(20-5-6-1-2-6)4-3-7(13(16)18)11(9)21-12(10)14(17)19/h3-4,6H,1-2,5,15H2,(H2,16,18)(H2,17,19). The highest BCUT2D eigenvalue weighted by atomic mass is 32.1. The molecule has 1 aromatic carbocycles. The molecule has 110 valence electrons. The third-order valence-corrected chi connectivity index (χ3v) is 4.75. The van der Waals surface area contributed by atoms with E-state index < -0.39 is 11.8 Å². The van der Waals surface area contributed by atoms with Crippen molar-refractivity contribution in [1.29, 1.82) is 0 Å². The number of anilines is 1. The van der Waals surface area contributed by atoms with Crippen LogP contribution in [0.25, 0.3) is 10.1 Å². The van der Waals surface area contributed by atoms with Crippen LogP contribution in [0.4, 0.5) is 5.69 Å². The van der Waals surface area contributed by atoms with Crippen molar-refractivity contribution >= 4 is 38.9 Å². The van der Waals surface area contributed by atoms with E-state index in [0.29, 0.717) is 33.9 Å². The predicted octanol–water partition coefficient (Wildman–Crippen LogP) is 1.47. The number of primary amides is 2. The van der Waals surface area contributed by atoms with Crippen molar-refractivity contribution in [2.45, 2.75) is 12.8 Å². The van der Waals surface area contributed by atoms with Crippen LogP contribution >= 0.6 is 11.3 Å². The van der Waals surface area contributed by atoms with Crippen molar-refractivity contribution in [1.82, 2.24) is 0 Å². The lowest BCUT2D eigenvalue weighted by molar-refractivity contribution is 0.0994. The van der Waals surface area contributed by atoms with E-state index in [4.69, 9.17) is 21.9 Å². The number of ether oxygens (including phenoxy) is 1. The Morgan fingerprint density at radius 3 is 2.52 bits per heavy atom. The first-order chi connectivity index (χ1) is 9.99. The van der Waals surface area contributed by atoms with Gasteiger partial charge in [-0.05, 0) is 30.9 Å². The molecule has 0 atom stereocenters. The Morgan fingerprint density at radius 1 is 1.24 bits per heavy atom. The average Bonchev–Trinajstić information content (AvgIpc) is 3.19. The van der Waals surface area contributed by atoms with Gasteiger partial charge in [0.05, 0.1) is 27.9 Å². The van der Waals surface area contributed by atoms with Gasteiger partial charge in [0, 0.05) is 0 Å². The van der Waals surface area contributed by atoms with Gasteiger partial charge in [0.25, 0.3) is 5.91 Å². The number of carbonyl (C=O) groups is 2. The third kappa shape index (κ3) is 2.40. The summed E-state index contributed by atoms with van der Waals surface area (Å²) in [7, 11) is 0. The van der Waals surface area contributed by atoms with Gasteiger partial charge in [-0.15, -0.1) is 11.3 Å². The molecule has 1 saturated carbocycles. The summed E-state index contributed by atoms with van der Waals surface area (Å²) < 4.78 is 6.32. The maximum Gasteiger partial charge on any atom is 0.260 e. The first kappa shape index (κ1) is 13.7. The third-order valence-electron chi connectivity index (χ3n) is 3.50. The van der Waals surface area contributed by atoms with Gasteiger partial charge >= 0.3 is 0 Å². The van der Waals surface area contributed by atoms with E-state index >= 15 is 0 Å². The second-order valence-corrected chi connectivity index (χ2v) is 6.16. The molecular weight excluding hydrogens is 290 g/mol. The van der Waals surface area contributed by atoms with Gasteiger partial charge in [-0.2, -0.15) is 0 Å². The second kappa shape index (κ2) is 4.92. The van der Waals surface area contributed by atoms with Crippen molar-refractivity contribution in [3.05, 3.63) is 22.6 Å². The van der Waals surface area contributed by atoms with E-state index in [1.54, 1.807) is 12.1 Å². The highest BCUT2D eigenvalue weighted by molar-refractivity contribution is 7.22. The van der Waals surface area contributed by atoms with Crippen LogP contribution in [-0.2, 0) is 0 Å². The van der Waals surface area contributed by atoms with Crippen LogP contribution < -0.4 is 21.9 Å². The minimum absolute atomic E-state index is 0.218. The number of hydrogen-bond acceptors (Lipinski definition) is 5. The molecule has 1 heterocycles. The molecule has 0 unspecified atom stereocenters. The zero-order chi connectivity index (χ0) is 15.1. The van der Waals surface area contributed by atoms with Crippen molar-refractivity contribution in [2.75, 3.05) is 12.3 Å². The summed E-state index contributed by atoms with van der Waals surface area (Å²) in [5.41, 5.74) is 17.3. The summed E-state index contributed by atoms with van der Waals surface area (Å²) in [5, 5.41) is 0.547. The number of thiophene rings is 1. The van der Waals surface area contributed by atoms with Crippen LogP contribution in [-0.4, -0.2) is 18.4 Å². The quantitative estimate of drug-likeness (QED) is 0.774. The zero-order valence-electron chi connectivity index (χ0n) is 11.2. The normalized spacial score (nSPS) is 14.3. The minimum Gasteiger partial charge on any atom is -0.493 e. The van der Waals surface area contributed by atoms with E-state index in [9.17, 15) is 9.59 Å². The van der Waals surface area contributed by atoms with Crippen molar-refractivity contribution < 1.29 is 14.3 Å². The summed E-state index contributed by atoms with van der Waals surface area (Å²) in [6.07, 6.45) is 2.32. The molecule has 1 aromatic heterocycles. The Balaban J connectivity index is 2.16. The van der Waals surface area contributed by atoms with Crippen LogP contribution in [0.15, 0.2) is 12.1 Å². The molecule has 6 N–H and O–H groups in total. The van der Waals surface area contributed by atoms with Crippen LogP contribution in [0.1, 0.15) is 32.9 Å². The first-order valence-corrected chi connectivity index (χ1v) is 7.38. The largest absolute Gasteiger partial charge is 0.493 e. The van der Waals surface area contributed by atoms with E-state index in [-0.39, 0.29) is 10.6 Å². The SMILES string of the molecule is NC(=O)c1sc2c(C(N)=O)ccc(OCC3CC3)c2c1N. The van der Waals surface area contributed by atoms with Crippen LogP contribution in [0.3, 0.4) is 0 Å². The summed E-state index contributed by atoms with van der Waals surface area (Å²) in [4.78, 5) is 23.2. The summed E-state index contributed by atoms with van der Waals surface area (Å²) in [6.45, 7) is 0.603. The van der Waals surface area contributed by atoms with Crippen molar-refractivity contribution in [2.24, 2.45) is 17.4 Å². The monoisotopic (exact) mass is 305 g/mol. The number of fused-ring (bicyclic) bond motifs is 1. The van der Waals surface area contributed by atoms with E-state index in [1.165, 1.54) is 0 Å². The van der Waals surface area contributed by atoms with Crippen molar-refractivity contribution in [3.8, 4) is 5.75 Å². The number of amides is 2. The highest BCUT2D eigenvalue weighted by Gasteiger charge is 2.25. The van der Waals surface area contributed by atoms with Gasteiger partial charge < -0.3 is 21.9 Å². The molecule has 2 amide bonds. The molecular formula is C14H15N3O3S. The van der Waals surface area contributed by atoms with Gasteiger partial charge in [-0.25, -0.2) is 0 Å². The number of rotatable bonds is 5. The number of nitrogens with two attached hydrogens (primary N) is 3. The fraction of sp³-hybridized carbons (Fsp3) is 0.286.